The number of aliphatic hydroxyl groups is 1. The first-order chi connectivity index (χ1) is 16.9. The van der Waals surface area contributed by atoms with Gasteiger partial charge in [-0.3, -0.25) is 4.79 Å². The number of amides is 1. The monoisotopic (exact) mass is 488 g/mol. The number of carbonyl (C=O) groups is 1. The number of aromatic nitrogens is 1. The van der Waals surface area contributed by atoms with E-state index >= 15 is 0 Å². The molecule has 0 spiro atoms. The first-order valence-electron chi connectivity index (χ1n) is 13.5. The molecule has 0 bridgehead atoms. The maximum Gasteiger partial charge on any atom is 0.253 e. The van der Waals surface area contributed by atoms with Gasteiger partial charge >= 0.3 is 0 Å². The fourth-order valence-corrected chi connectivity index (χ4v) is 4.15. The molecule has 5 nitrogen and oxygen atoms in total. The Morgan fingerprint density at radius 3 is 2.29 bits per heavy atom. The molecule has 0 aliphatic heterocycles. The Morgan fingerprint density at radius 2 is 1.74 bits per heavy atom. The van der Waals surface area contributed by atoms with Gasteiger partial charge in [-0.1, -0.05) is 58.6 Å². The number of hydrogen-bond acceptors (Lipinski definition) is 3. The van der Waals surface area contributed by atoms with Gasteiger partial charge in [0.15, 0.2) is 0 Å². The molecule has 0 aromatic carbocycles. The van der Waals surface area contributed by atoms with Crippen molar-refractivity contribution < 1.29 is 14.6 Å². The van der Waals surface area contributed by atoms with Gasteiger partial charge in [0.2, 0.25) is 0 Å². The van der Waals surface area contributed by atoms with Crippen molar-refractivity contribution in [1.82, 2.24) is 9.88 Å². The first kappa shape index (κ1) is 32.7. The maximum absolute atomic E-state index is 12.8. The molecule has 5 heteroatoms. The summed E-state index contributed by atoms with van der Waals surface area (Å²) in [5, 5.41) is 11.9. The third-order valence-corrected chi connectivity index (χ3v) is 5.98. The first-order valence-corrected chi connectivity index (χ1v) is 13.5. The molecular weight excluding hydrogens is 436 g/mol. The van der Waals surface area contributed by atoms with Gasteiger partial charge in [-0.05, 0) is 76.7 Å². The van der Waals surface area contributed by atoms with Crippen LogP contribution in [0.5, 0.6) is 0 Å². The third-order valence-electron chi connectivity index (χ3n) is 5.98. The van der Waals surface area contributed by atoms with Crippen LogP contribution in [0.4, 0.5) is 0 Å². The smallest absolute Gasteiger partial charge is 0.253 e. The summed E-state index contributed by atoms with van der Waals surface area (Å²) in [6.07, 6.45) is 13.0. The highest BCUT2D eigenvalue weighted by atomic mass is 16.5. The van der Waals surface area contributed by atoms with Crippen LogP contribution in [0, 0.1) is 12.8 Å². The Hall–Kier alpha value is -2.27. The quantitative estimate of drug-likeness (QED) is 0.204. The van der Waals surface area contributed by atoms with E-state index < -0.39 is 0 Å². The predicted molar refractivity (Wildman–Crippen MR) is 151 cm³/mol. The molecule has 200 valence electrons. The van der Waals surface area contributed by atoms with Gasteiger partial charge < -0.3 is 19.7 Å². The second-order valence-electron chi connectivity index (χ2n) is 8.82. The van der Waals surface area contributed by atoms with E-state index in [0.717, 1.165) is 29.3 Å². The van der Waals surface area contributed by atoms with Gasteiger partial charge in [0.1, 0.15) is 5.76 Å². The Balaban J connectivity index is 0.00000274. The van der Waals surface area contributed by atoms with Gasteiger partial charge in [0.05, 0.1) is 12.7 Å². The van der Waals surface area contributed by atoms with Crippen LogP contribution in [0.2, 0.25) is 0 Å². The number of hydrogen-bond donors (Lipinski definition) is 2. The fourth-order valence-electron chi connectivity index (χ4n) is 4.15. The standard InChI is InChI=1S/C26H40N2O3.2C2H6/c1-19(2)12-13-23(31-5)16-20(3)25-17-24(26(30)27-14-9-15-29)21(4)28(25)18-22-10-7-6-8-11-22;2*1-2/h12-13,16-17,22,29H,6-11,14-15,18H2,1-5H3,(H,27,30);2*1-2H3/b20-16+,23-13+;;. The summed E-state index contributed by atoms with van der Waals surface area (Å²) >= 11 is 0. The average molecular weight is 489 g/mol. The molecule has 2 N–H and O–H groups in total. The summed E-state index contributed by atoms with van der Waals surface area (Å²) in [5.74, 6) is 1.37. The third kappa shape index (κ3) is 11.3. The Morgan fingerprint density at radius 1 is 1.11 bits per heavy atom. The van der Waals surface area contributed by atoms with Crippen molar-refractivity contribution in [1.29, 1.82) is 0 Å². The van der Waals surface area contributed by atoms with E-state index in [1.54, 1.807) is 7.11 Å². The summed E-state index contributed by atoms with van der Waals surface area (Å²) in [6.45, 7) is 17.7. The zero-order valence-electron chi connectivity index (χ0n) is 24.0. The molecule has 1 saturated carbocycles. The minimum atomic E-state index is -0.0746. The minimum Gasteiger partial charge on any atom is -0.497 e. The van der Waals surface area contributed by atoms with E-state index in [9.17, 15) is 4.79 Å². The van der Waals surface area contributed by atoms with E-state index in [0.29, 0.717) is 24.4 Å². The number of nitrogens with zero attached hydrogens (tertiary/aromatic N) is 1. The molecule has 1 aromatic rings. The number of methoxy groups -OCH3 is 1. The molecule has 1 aromatic heterocycles. The van der Waals surface area contributed by atoms with Crippen molar-refractivity contribution in [3.8, 4) is 0 Å². The number of rotatable bonds is 10. The molecule has 1 amide bonds. The highest BCUT2D eigenvalue weighted by Crippen LogP contribution is 2.30. The molecule has 1 aliphatic rings. The van der Waals surface area contributed by atoms with Crippen LogP contribution in [0.15, 0.2) is 35.6 Å². The zero-order valence-corrected chi connectivity index (χ0v) is 24.0. The predicted octanol–water partition coefficient (Wildman–Crippen LogP) is 7.44. The maximum atomic E-state index is 12.8. The van der Waals surface area contributed by atoms with Crippen molar-refractivity contribution in [3.05, 3.63) is 52.6 Å². The molecule has 35 heavy (non-hydrogen) atoms. The fraction of sp³-hybridized carbons (Fsp3) is 0.633. The SMILES string of the molecule is CC.CC.COC(=C/C=C(C)C)/C=C(\C)c1cc(C(=O)NCCCO)c(C)n1CC1CCCCC1. The number of nitrogens with one attached hydrogen (secondary N) is 1. The second-order valence-corrected chi connectivity index (χ2v) is 8.82. The van der Waals surface area contributed by atoms with Crippen LogP contribution in [-0.4, -0.2) is 35.8 Å². The Bertz CT molecular complexity index is 821. The summed E-state index contributed by atoms with van der Waals surface area (Å²) in [6, 6.07) is 2.01. The molecule has 1 heterocycles. The van der Waals surface area contributed by atoms with E-state index in [-0.39, 0.29) is 12.5 Å². The van der Waals surface area contributed by atoms with Crippen molar-refractivity contribution in [3.63, 3.8) is 0 Å². The summed E-state index contributed by atoms with van der Waals surface area (Å²) in [4.78, 5) is 12.8. The molecule has 0 radical (unpaired) electrons. The summed E-state index contributed by atoms with van der Waals surface area (Å²) in [7, 11) is 1.68. The Labute approximate surface area is 215 Å². The van der Waals surface area contributed by atoms with Crippen LogP contribution in [0.1, 0.15) is 109 Å². The zero-order chi connectivity index (χ0) is 26.8. The van der Waals surface area contributed by atoms with Crippen LogP contribution < -0.4 is 5.32 Å². The summed E-state index contributed by atoms with van der Waals surface area (Å²) < 4.78 is 7.88. The van der Waals surface area contributed by atoms with Crippen LogP contribution in [0.25, 0.3) is 5.57 Å². The normalized spacial score (nSPS) is 14.2. The van der Waals surface area contributed by atoms with Crippen molar-refractivity contribution in [2.45, 2.75) is 100 Å². The number of ether oxygens (including phenoxy) is 1. The topological polar surface area (TPSA) is 63.5 Å². The molecule has 1 fully saturated rings. The molecular formula is C30H52N2O3. The van der Waals surface area contributed by atoms with Crippen molar-refractivity contribution in [2.75, 3.05) is 20.3 Å². The molecule has 0 unspecified atom stereocenters. The van der Waals surface area contributed by atoms with E-state index in [1.807, 2.05) is 58.9 Å². The number of aliphatic hydroxyl groups excluding tert-OH is 1. The van der Waals surface area contributed by atoms with Gasteiger partial charge in [0.25, 0.3) is 5.91 Å². The molecule has 0 saturated heterocycles. The lowest BCUT2D eigenvalue weighted by atomic mass is 9.89. The number of allylic oxidation sites excluding steroid dienone is 5. The largest absolute Gasteiger partial charge is 0.497 e. The van der Waals surface area contributed by atoms with E-state index in [2.05, 4.69) is 30.7 Å². The lowest BCUT2D eigenvalue weighted by molar-refractivity contribution is 0.0950. The van der Waals surface area contributed by atoms with Crippen LogP contribution in [-0.2, 0) is 11.3 Å². The second kappa shape index (κ2) is 19.0. The van der Waals surface area contributed by atoms with Crippen LogP contribution >= 0.6 is 0 Å². The lowest BCUT2D eigenvalue weighted by Gasteiger charge is -2.24. The van der Waals surface area contributed by atoms with Crippen molar-refractivity contribution in [2.24, 2.45) is 5.92 Å². The van der Waals surface area contributed by atoms with E-state index in [1.165, 1.54) is 37.7 Å². The van der Waals surface area contributed by atoms with Gasteiger partial charge in [-0.25, -0.2) is 0 Å². The van der Waals surface area contributed by atoms with Crippen molar-refractivity contribution >= 4 is 11.5 Å². The highest BCUT2D eigenvalue weighted by Gasteiger charge is 2.22. The molecule has 1 aliphatic carbocycles. The molecule has 0 atom stereocenters. The Kier molecular flexibility index (Phi) is 17.8. The minimum absolute atomic E-state index is 0.0746. The highest BCUT2D eigenvalue weighted by molar-refractivity contribution is 5.96. The van der Waals surface area contributed by atoms with E-state index in [4.69, 9.17) is 9.84 Å². The number of carbonyl (C=O) groups excluding carboxylic acids is 1. The van der Waals surface area contributed by atoms with Gasteiger partial charge in [-0.2, -0.15) is 0 Å². The average Bonchev–Trinajstić information content (AvgIpc) is 3.20. The summed E-state index contributed by atoms with van der Waals surface area (Å²) in [5.41, 5.74) is 5.06. The van der Waals surface area contributed by atoms with Crippen LogP contribution in [0.3, 0.4) is 0 Å². The molecule has 2 rings (SSSR count). The van der Waals surface area contributed by atoms with Gasteiger partial charge in [-0.15, -0.1) is 0 Å². The van der Waals surface area contributed by atoms with Gasteiger partial charge in [0, 0.05) is 31.1 Å². The lowest BCUT2D eigenvalue weighted by Crippen LogP contribution is -2.25.